The highest BCUT2D eigenvalue weighted by Crippen LogP contribution is 2.29. The first-order valence-corrected chi connectivity index (χ1v) is 11.0. The second kappa shape index (κ2) is 9.36. The van der Waals surface area contributed by atoms with Crippen LogP contribution in [0.2, 0.25) is 0 Å². The van der Waals surface area contributed by atoms with Gasteiger partial charge in [-0.25, -0.2) is 0 Å². The molecule has 4 rings (SSSR count). The first-order valence-electron chi connectivity index (χ1n) is 11.0. The Labute approximate surface area is 184 Å². The molecule has 1 saturated heterocycles. The van der Waals surface area contributed by atoms with Gasteiger partial charge in [-0.2, -0.15) is 0 Å². The minimum absolute atomic E-state index is 0.0380. The first-order chi connectivity index (χ1) is 15.0. The first kappa shape index (κ1) is 21.1. The standard InChI is InChI=1S/C27H30N2O2/c1-21(31-25-15-7-4-8-16-25)26(30)29(20-27(2)17-10-18-28-27)24-14-9-13-23(19-24)22-11-5-3-6-12-22/h3-9,11-16,19,21,28H,10,17-18,20H2,1-2H3. The smallest absolute Gasteiger partial charge is 0.267 e. The minimum Gasteiger partial charge on any atom is -0.481 e. The summed E-state index contributed by atoms with van der Waals surface area (Å²) in [7, 11) is 0. The molecule has 160 valence electrons. The van der Waals surface area contributed by atoms with Crippen molar-refractivity contribution in [3.63, 3.8) is 0 Å². The molecule has 0 aromatic heterocycles. The summed E-state index contributed by atoms with van der Waals surface area (Å²) in [6.07, 6.45) is 1.58. The van der Waals surface area contributed by atoms with Crippen molar-refractivity contribution in [2.45, 2.75) is 38.3 Å². The lowest BCUT2D eigenvalue weighted by Gasteiger charge is -2.34. The van der Waals surface area contributed by atoms with Gasteiger partial charge in [0.25, 0.3) is 5.91 Å². The van der Waals surface area contributed by atoms with Crippen LogP contribution in [0.5, 0.6) is 5.75 Å². The van der Waals surface area contributed by atoms with Crippen molar-refractivity contribution in [2.24, 2.45) is 0 Å². The molecule has 1 heterocycles. The van der Waals surface area contributed by atoms with Gasteiger partial charge in [-0.1, -0.05) is 60.7 Å². The SMILES string of the molecule is CC(Oc1ccccc1)C(=O)N(CC1(C)CCCN1)c1cccc(-c2ccccc2)c1. The van der Waals surface area contributed by atoms with Crippen LogP contribution in [0, 0.1) is 0 Å². The molecular weight excluding hydrogens is 384 g/mol. The number of carbonyl (C=O) groups excluding carboxylic acids is 1. The van der Waals surface area contributed by atoms with E-state index in [1.807, 2.05) is 72.5 Å². The van der Waals surface area contributed by atoms with E-state index >= 15 is 0 Å². The average molecular weight is 415 g/mol. The Morgan fingerprint density at radius 1 is 1.00 bits per heavy atom. The lowest BCUT2D eigenvalue weighted by atomic mass is 9.98. The predicted octanol–water partition coefficient (Wildman–Crippen LogP) is 5.30. The fourth-order valence-corrected chi connectivity index (χ4v) is 4.19. The molecule has 0 saturated carbocycles. The van der Waals surface area contributed by atoms with E-state index in [1.54, 1.807) is 0 Å². The molecule has 1 aliphatic rings. The molecule has 0 bridgehead atoms. The Kier molecular flexibility index (Phi) is 6.38. The van der Waals surface area contributed by atoms with E-state index < -0.39 is 6.10 Å². The number of hydrogen-bond donors (Lipinski definition) is 1. The molecular formula is C27H30N2O2. The molecule has 0 radical (unpaired) electrons. The quantitative estimate of drug-likeness (QED) is 0.571. The molecule has 4 nitrogen and oxygen atoms in total. The van der Waals surface area contributed by atoms with Gasteiger partial charge in [0.05, 0.1) is 0 Å². The van der Waals surface area contributed by atoms with Crippen LogP contribution in [0.4, 0.5) is 5.69 Å². The van der Waals surface area contributed by atoms with Gasteiger partial charge in [0.1, 0.15) is 5.75 Å². The lowest BCUT2D eigenvalue weighted by molar-refractivity contribution is -0.124. The Hall–Kier alpha value is -3.11. The number of nitrogens with one attached hydrogen (secondary N) is 1. The Bertz CT molecular complexity index is 998. The summed E-state index contributed by atoms with van der Waals surface area (Å²) >= 11 is 0. The van der Waals surface area contributed by atoms with Crippen molar-refractivity contribution in [1.82, 2.24) is 5.32 Å². The van der Waals surface area contributed by atoms with Gasteiger partial charge in [0.15, 0.2) is 6.10 Å². The number of hydrogen-bond acceptors (Lipinski definition) is 3. The monoisotopic (exact) mass is 414 g/mol. The summed E-state index contributed by atoms with van der Waals surface area (Å²) in [5.41, 5.74) is 3.02. The summed E-state index contributed by atoms with van der Waals surface area (Å²) in [5, 5.41) is 3.59. The minimum atomic E-state index is -0.590. The number of ether oxygens (including phenoxy) is 1. The highest BCUT2D eigenvalue weighted by atomic mass is 16.5. The van der Waals surface area contributed by atoms with Gasteiger partial charge >= 0.3 is 0 Å². The van der Waals surface area contributed by atoms with E-state index in [9.17, 15) is 4.79 Å². The second-order valence-corrected chi connectivity index (χ2v) is 8.50. The van der Waals surface area contributed by atoms with Crippen molar-refractivity contribution in [3.05, 3.63) is 84.9 Å². The number of carbonyl (C=O) groups is 1. The zero-order valence-electron chi connectivity index (χ0n) is 18.3. The third kappa shape index (κ3) is 5.15. The summed E-state index contributed by atoms with van der Waals surface area (Å²) in [6.45, 7) is 5.61. The van der Waals surface area contributed by atoms with Gasteiger partial charge in [0, 0.05) is 17.8 Å². The normalized spacial score (nSPS) is 19.0. The molecule has 2 atom stereocenters. The van der Waals surface area contributed by atoms with E-state index in [2.05, 4.69) is 36.5 Å². The van der Waals surface area contributed by atoms with Gasteiger partial charge in [-0.05, 0) is 68.6 Å². The Morgan fingerprint density at radius 2 is 1.68 bits per heavy atom. The fourth-order valence-electron chi connectivity index (χ4n) is 4.19. The summed E-state index contributed by atoms with van der Waals surface area (Å²) in [6, 6.07) is 28.0. The van der Waals surface area contributed by atoms with Crippen molar-refractivity contribution >= 4 is 11.6 Å². The molecule has 0 spiro atoms. The molecule has 31 heavy (non-hydrogen) atoms. The molecule has 4 heteroatoms. The predicted molar refractivity (Wildman–Crippen MR) is 126 cm³/mol. The molecule has 2 unspecified atom stereocenters. The van der Waals surface area contributed by atoms with E-state index in [0.717, 1.165) is 36.2 Å². The maximum Gasteiger partial charge on any atom is 0.267 e. The largest absolute Gasteiger partial charge is 0.481 e. The van der Waals surface area contributed by atoms with E-state index in [-0.39, 0.29) is 11.4 Å². The number of rotatable bonds is 7. The topological polar surface area (TPSA) is 41.6 Å². The Morgan fingerprint density at radius 3 is 2.35 bits per heavy atom. The molecule has 1 aliphatic heterocycles. The van der Waals surface area contributed by atoms with Crippen LogP contribution in [0.1, 0.15) is 26.7 Å². The van der Waals surface area contributed by atoms with E-state index in [0.29, 0.717) is 12.3 Å². The van der Waals surface area contributed by atoms with Gasteiger partial charge in [-0.15, -0.1) is 0 Å². The summed E-state index contributed by atoms with van der Waals surface area (Å²) < 4.78 is 5.98. The molecule has 1 N–H and O–H groups in total. The van der Waals surface area contributed by atoms with Crippen LogP contribution in [0.3, 0.4) is 0 Å². The molecule has 1 amide bonds. The maximum absolute atomic E-state index is 13.6. The Balaban J connectivity index is 1.63. The second-order valence-electron chi connectivity index (χ2n) is 8.50. The van der Waals surface area contributed by atoms with Gasteiger partial charge < -0.3 is 15.0 Å². The molecule has 0 aliphatic carbocycles. The molecule has 3 aromatic carbocycles. The highest BCUT2D eigenvalue weighted by molar-refractivity contribution is 5.97. The maximum atomic E-state index is 13.6. The number of nitrogens with zero attached hydrogens (tertiary/aromatic N) is 1. The van der Waals surface area contributed by atoms with Gasteiger partial charge in [0.2, 0.25) is 0 Å². The van der Waals surface area contributed by atoms with Crippen LogP contribution in [-0.2, 0) is 4.79 Å². The van der Waals surface area contributed by atoms with Crippen molar-refractivity contribution in [3.8, 4) is 16.9 Å². The number of para-hydroxylation sites is 1. The summed E-state index contributed by atoms with van der Waals surface area (Å²) in [5.74, 6) is 0.663. The van der Waals surface area contributed by atoms with E-state index in [1.165, 1.54) is 0 Å². The highest BCUT2D eigenvalue weighted by Gasteiger charge is 2.34. The molecule has 3 aromatic rings. The third-order valence-electron chi connectivity index (χ3n) is 5.90. The van der Waals surface area contributed by atoms with E-state index in [4.69, 9.17) is 4.74 Å². The van der Waals surface area contributed by atoms with Crippen LogP contribution in [0.25, 0.3) is 11.1 Å². The van der Waals surface area contributed by atoms with Crippen molar-refractivity contribution < 1.29 is 9.53 Å². The lowest BCUT2D eigenvalue weighted by Crippen LogP contribution is -2.52. The zero-order valence-corrected chi connectivity index (χ0v) is 18.3. The third-order valence-corrected chi connectivity index (χ3v) is 5.90. The van der Waals surface area contributed by atoms with Gasteiger partial charge in [-0.3, -0.25) is 4.79 Å². The van der Waals surface area contributed by atoms with Crippen molar-refractivity contribution in [1.29, 1.82) is 0 Å². The average Bonchev–Trinajstić information content (AvgIpc) is 3.25. The van der Waals surface area contributed by atoms with Crippen LogP contribution < -0.4 is 15.0 Å². The number of anilines is 1. The summed E-state index contributed by atoms with van der Waals surface area (Å²) in [4.78, 5) is 15.5. The van der Waals surface area contributed by atoms with Crippen LogP contribution in [-0.4, -0.2) is 30.6 Å². The fraction of sp³-hybridized carbons (Fsp3) is 0.296. The number of benzene rings is 3. The number of amides is 1. The van der Waals surface area contributed by atoms with Crippen molar-refractivity contribution in [2.75, 3.05) is 18.0 Å². The van der Waals surface area contributed by atoms with Crippen LogP contribution >= 0.6 is 0 Å². The molecule has 1 fully saturated rings. The van der Waals surface area contributed by atoms with Crippen LogP contribution in [0.15, 0.2) is 84.9 Å². The zero-order chi connectivity index (χ0) is 21.7.